The van der Waals surface area contributed by atoms with Crippen molar-refractivity contribution >= 4 is 17.4 Å². The lowest BCUT2D eigenvalue weighted by atomic mass is 9.84. The fourth-order valence-electron chi connectivity index (χ4n) is 5.26. The van der Waals surface area contributed by atoms with Crippen molar-refractivity contribution in [3.63, 3.8) is 0 Å². The SMILES string of the molecule is COc1ccc(CN(C(=O)C2CCC2)C2CCC(c3cc(Nc4cccc(C(F)(F)F)c4)n[nH]3)C2)cc1. The molecule has 5 rings (SSSR count). The van der Waals surface area contributed by atoms with E-state index in [0.29, 0.717) is 18.1 Å². The molecule has 196 valence electrons. The maximum absolute atomic E-state index is 13.4. The third-order valence-electron chi connectivity index (χ3n) is 7.59. The van der Waals surface area contributed by atoms with Gasteiger partial charge in [0.15, 0.2) is 5.82 Å². The molecule has 0 spiro atoms. The van der Waals surface area contributed by atoms with E-state index in [9.17, 15) is 18.0 Å². The molecule has 3 aromatic rings. The highest BCUT2D eigenvalue weighted by Crippen LogP contribution is 2.40. The van der Waals surface area contributed by atoms with Crippen molar-refractivity contribution in [1.29, 1.82) is 0 Å². The lowest BCUT2D eigenvalue weighted by Crippen LogP contribution is -2.43. The third-order valence-corrected chi connectivity index (χ3v) is 7.59. The zero-order chi connectivity index (χ0) is 26.0. The molecule has 2 aliphatic rings. The molecule has 1 heterocycles. The molecule has 2 aromatic carbocycles. The second kappa shape index (κ2) is 10.5. The van der Waals surface area contributed by atoms with Crippen LogP contribution in [0.1, 0.15) is 61.3 Å². The van der Waals surface area contributed by atoms with Crippen LogP contribution in [-0.4, -0.2) is 34.2 Å². The summed E-state index contributed by atoms with van der Waals surface area (Å²) in [4.78, 5) is 15.4. The highest BCUT2D eigenvalue weighted by Gasteiger charge is 2.37. The first-order chi connectivity index (χ1) is 17.8. The second-order valence-electron chi connectivity index (χ2n) is 10.0. The van der Waals surface area contributed by atoms with Gasteiger partial charge in [0.25, 0.3) is 0 Å². The predicted molar refractivity (Wildman–Crippen MR) is 135 cm³/mol. The van der Waals surface area contributed by atoms with Crippen molar-refractivity contribution < 1.29 is 22.7 Å². The largest absolute Gasteiger partial charge is 0.497 e. The van der Waals surface area contributed by atoms with Crippen LogP contribution < -0.4 is 10.1 Å². The number of methoxy groups -OCH3 is 1. The summed E-state index contributed by atoms with van der Waals surface area (Å²) in [5.74, 6) is 1.81. The minimum Gasteiger partial charge on any atom is -0.497 e. The lowest BCUT2D eigenvalue weighted by Gasteiger charge is -2.36. The van der Waals surface area contributed by atoms with Crippen molar-refractivity contribution in [2.75, 3.05) is 12.4 Å². The van der Waals surface area contributed by atoms with Crippen LogP contribution in [0.25, 0.3) is 0 Å². The van der Waals surface area contributed by atoms with E-state index in [4.69, 9.17) is 4.74 Å². The summed E-state index contributed by atoms with van der Waals surface area (Å²) in [6, 6.07) is 14.9. The quantitative estimate of drug-likeness (QED) is 0.355. The van der Waals surface area contributed by atoms with Crippen molar-refractivity contribution in [2.24, 2.45) is 5.92 Å². The first kappa shape index (κ1) is 25.2. The van der Waals surface area contributed by atoms with Crippen LogP contribution in [0.15, 0.2) is 54.6 Å². The fraction of sp³-hybridized carbons (Fsp3) is 0.429. The molecule has 2 unspecified atom stereocenters. The number of ether oxygens (including phenoxy) is 1. The number of aromatic amines is 1. The maximum atomic E-state index is 13.4. The number of hydrogen-bond donors (Lipinski definition) is 2. The van der Waals surface area contributed by atoms with Crippen LogP contribution in [-0.2, 0) is 17.5 Å². The molecule has 0 saturated heterocycles. The van der Waals surface area contributed by atoms with Crippen molar-refractivity contribution in [3.05, 3.63) is 71.4 Å². The molecule has 2 fully saturated rings. The second-order valence-corrected chi connectivity index (χ2v) is 10.0. The molecule has 37 heavy (non-hydrogen) atoms. The van der Waals surface area contributed by atoms with Crippen molar-refractivity contribution in [3.8, 4) is 5.75 Å². The zero-order valence-corrected chi connectivity index (χ0v) is 20.7. The Kier molecular flexibility index (Phi) is 7.13. The molecule has 2 saturated carbocycles. The molecular weight excluding hydrogens is 481 g/mol. The number of rotatable bonds is 8. The lowest BCUT2D eigenvalue weighted by molar-refractivity contribution is -0.141. The molecular formula is C28H31F3N4O2. The molecule has 0 aliphatic heterocycles. The Morgan fingerprint density at radius 1 is 1.11 bits per heavy atom. The highest BCUT2D eigenvalue weighted by molar-refractivity contribution is 5.80. The van der Waals surface area contributed by atoms with Crippen LogP contribution in [0, 0.1) is 5.92 Å². The average molecular weight is 513 g/mol. The average Bonchev–Trinajstić information content (AvgIpc) is 3.51. The predicted octanol–water partition coefficient (Wildman–Crippen LogP) is 6.65. The number of nitrogens with zero attached hydrogens (tertiary/aromatic N) is 2. The Morgan fingerprint density at radius 2 is 1.89 bits per heavy atom. The Hall–Kier alpha value is -3.49. The minimum atomic E-state index is -4.40. The molecule has 0 bridgehead atoms. The maximum Gasteiger partial charge on any atom is 0.416 e. The van der Waals surface area contributed by atoms with Gasteiger partial charge in [0, 0.05) is 41.9 Å². The van der Waals surface area contributed by atoms with Gasteiger partial charge < -0.3 is 15.0 Å². The van der Waals surface area contributed by atoms with Gasteiger partial charge in [-0.2, -0.15) is 18.3 Å². The first-order valence-electron chi connectivity index (χ1n) is 12.7. The van der Waals surface area contributed by atoms with Crippen molar-refractivity contribution in [2.45, 2.75) is 63.2 Å². The van der Waals surface area contributed by atoms with E-state index >= 15 is 0 Å². The summed E-state index contributed by atoms with van der Waals surface area (Å²) in [5.41, 5.74) is 1.62. The molecule has 9 heteroatoms. The van der Waals surface area contributed by atoms with E-state index in [1.165, 1.54) is 6.07 Å². The Labute approximate surface area is 214 Å². The number of anilines is 2. The molecule has 2 atom stereocenters. The Morgan fingerprint density at radius 3 is 2.57 bits per heavy atom. The summed E-state index contributed by atoms with van der Waals surface area (Å²) in [7, 11) is 1.64. The number of amides is 1. The van der Waals surface area contributed by atoms with E-state index in [1.54, 1.807) is 13.2 Å². The normalized spacial score (nSPS) is 19.9. The Bertz CT molecular complexity index is 1220. The van der Waals surface area contributed by atoms with E-state index in [-0.39, 0.29) is 23.8 Å². The molecule has 2 aliphatic carbocycles. The van der Waals surface area contributed by atoms with E-state index in [2.05, 4.69) is 20.4 Å². The standard InChI is InChI=1S/C28H31F3N4O2/c1-37-24-12-8-18(9-13-24)17-35(27(36)19-4-2-5-19)23-11-10-20(14-23)25-16-26(34-33-25)32-22-7-3-6-21(15-22)28(29,30)31/h3,6-9,12-13,15-16,19-20,23H,2,4-5,10-11,14,17H2,1H3,(H2,32,33,34). The smallest absolute Gasteiger partial charge is 0.416 e. The van der Waals surface area contributed by atoms with E-state index in [1.807, 2.05) is 30.3 Å². The summed E-state index contributed by atoms with van der Waals surface area (Å²) in [5, 5.41) is 10.3. The molecule has 2 N–H and O–H groups in total. The van der Waals surface area contributed by atoms with Crippen LogP contribution in [0.2, 0.25) is 0 Å². The van der Waals surface area contributed by atoms with Crippen LogP contribution >= 0.6 is 0 Å². The van der Waals surface area contributed by atoms with Gasteiger partial charge in [-0.05, 0) is 68.0 Å². The number of H-pyrrole nitrogens is 1. The number of aromatic nitrogens is 2. The number of benzene rings is 2. The molecule has 1 amide bonds. The number of alkyl halides is 3. The summed E-state index contributed by atoms with van der Waals surface area (Å²) >= 11 is 0. The van der Waals surface area contributed by atoms with Gasteiger partial charge in [-0.1, -0.05) is 24.6 Å². The van der Waals surface area contributed by atoms with Crippen molar-refractivity contribution in [1.82, 2.24) is 15.1 Å². The van der Waals surface area contributed by atoms with Crippen LogP contribution in [0.5, 0.6) is 5.75 Å². The van der Waals surface area contributed by atoms with Gasteiger partial charge in [0.2, 0.25) is 5.91 Å². The third kappa shape index (κ3) is 5.76. The fourth-order valence-corrected chi connectivity index (χ4v) is 5.26. The summed E-state index contributed by atoms with van der Waals surface area (Å²) in [6.45, 7) is 0.571. The van der Waals surface area contributed by atoms with Crippen LogP contribution in [0.4, 0.5) is 24.7 Å². The van der Waals surface area contributed by atoms with Gasteiger partial charge >= 0.3 is 6.18 Å². The molecule has 0 radical (unpaired) electrons. The summed E-state index contributed by atoms with van der Waals surface area (Å²) < 4.78 is 44.4. The number of carbonyl (C=O) groups excluding carboxylic acids is 1. The zero-order valence-electron chi connectivity index (χ0n) is 20.7. The molecule has 1 aromatic heterocycles. The summed E-state index contributed by atoms with van der Waals surface area (Å²) in [6.07, 6.45) is 1.25. The number of hydrogen-bond acceptors (Lipinski definition) is 4. The topological polar surface area (TPSA) is 70.2 Å². The van der Waals surface area contributed by atoms with Gasteiger partial charge in [-0.25, -0.2) is 0 Å². The van der Waals surface area contributed by atoms with E-state index in [0.717, 1.165) is 67.7 Å². The van der Waals surface area contributed by atoms with Gasteiger partial charge in [-0.3, -0.25) is 9.89 Å². The van der Waals surface area contributed by atoms with Gasteiger partial charge in [-0.15, -0.1) is 0 Å². The number of carbonyl (C=O) groups is 1. The first-order valence-corrected chi connectivity index (χ1v) is 12.7. The monoisotopic (exact) mass is 512 g/mol. The number of nitrogens with one attached hydrogen (secondary N) is 2. The number of halogens is 3. The van der Waals surface area contributed by atoms with Gasteiger partial charge in [0.05, 0.1) is 12.7 Å². The minimum absolute atomic E-state index is 0.118. The molecule has 6 nitrogen and oxygen atoms in total. The van der Waals surface area contributed by atoms with E-state index < -0.39 is 11.7 Å². The van der Waals surface area contributed by atoms with Crippen LogP contribution in [0.3, 0.4) is 0 Å². The van der Waals surface area contributed by atoms with Gasteiger partial charge in [0.1, 0.15) is 5.75 Å². The Balaban J connectivity index is 1.26. The highest BCUT2D eigenvalue weighted by atomic mass is 19.4.